The topological polar surface area (TPSA) is 33.3 Å². The fourth-order valence-corrected chi connectivity index (χ4v) is 0.839. The summed E-state index contributed by atoms with van der Waals surface area (Å²) in [5.74, 6) is 0. The van der Waals surface area contributed by atoms with E-state index < -0.39 is 0 Å². The van der Waals surface area contributed by atoms with E-state index in [2.05, 4.69) is 17.5 Å². The van der Waals surface area contributed by atoms with Crippen molar-refractivity contribution in [2.75, 3.05) is 12.5 Å². The van der Waals surface area contributed by atoms with E-state index in [1.807, 2.05) is 24.3 Å². The lowest BCUT2D eigenvalue weighted by Crippen LogP contribution is -2.12. The van der Waals surface area contributed by atoms with Gasteiger partial charge in [0.1, 0.15) is 0 Å². The summed E-state index contributed by atoms with van der Waals surface area (Å²) in [4.78, 5) is 4.78. The van der Waals surface area contributed by atoms with E-state index in [1.54, 1.807) is 13.1 Å². The monoisotopic (exact) mass is 164 g/mol. The molecule has 1 aromatic carbocycles. The van der Waals surface area contributed by atoms with Gasteiger partial charge in [0, 0.05) is 7.05 Å². The minimum Gasteiger partial charge on any atom is -0.248 e. The Hall–Kier alpha value is -1.32. The first-order valence-corrected chi connectivity index (χ1v) is 3.68. The molecule has 0 aliphatic carbocycles. The van der Waals surface area contributed by atoms with Crippen LogP contribution >= 0.6 is 0 Å². The molecule has 0 saturated heterocycles. The number of benzene rings is 1. The summed E-state index contributed by atoms with van der Waals surface area (Å²) in [6, 6.07) is 7.74. The molecule has 0 spiro atoms. The molecule has 0 radical (unpaired) electrons. The van der Waals surface area contributed by atoms with Crippen LogP contribution in [0.1, 0.15) is 5.56 Å². The molecule has 2 N–H and O–H groups in total. The standard InChI is InChI=1S/C9H12N2O/c1-3-8-5-4-6-9(7-8)11-12-10-2/h3-7,10-11H,1H2,2H3. The third kappa shape index (κ3) is 2.38. The highest BCUT2D eigenvalue weighted by molar-refractivity contribution is 5.55. The first-order valence-electron chi connectivity index (χ1n) is 3.68. The number of hydroxylamine groups is 1. The van der Waals surface area contributed by atoms with Crippen LogP contribution in [0.2, 0.25) is 0 Å². The number of hydrogen-bond acceptors (Lipinski definition) is 3. The van der Waals surface area contributed by atoms with Crippen LogP contribution in [0.3, 0.4) is 0 Å². The molecule has 1 rings (SSSR count). The molecule has 3 nitrogen and oxygen atoms in total. The van der Waals surface area contributed by atoms with Gasteiger partial charge >= 0.3 is 0 Å². The number of nitrogens with one attached hydrogen (secondary N) is 2. The molecule has 3 heteroatoms. The van der Waals surface area contributed by atoms with Gasteiger partial charge in [0.05, 0.1) is 5.69 Å². The molecule has 0 amide bonds. The summed E-state index contributed by atoms with van der Waals surface area (Å²) in [7, 11) is 1.68. The summed E-state index contributed by atoms with van der Waals surface area (Å²) in [5, 5.41) is 0. The number of hydrogen-bond donors (Lipinski definition) is 2. The molecule has 64 valence electrons. The van der Waals surface area contributed by atoms with Gasteiger partial charge in [-0.25, -0.2) is 5.48 Å². The van der Waals surface area contributed by atoms with Gasteiger partial charge in [-0.3, -0.25) is 0 Å². The molecule has 0 aliphatic heterocycles. The molecule has 0 bridgehead atoms. The third-order valence-electron chi connectivity index (χ3n) is 1.39. The van der Waals surface area contributed by atoms with Crippen LogP contribution in [-0.2, 0) is 4.94 Å². The van der Waals surface area contributed by atoms with E-state index in [-0.39, 0.29) is 0 Å². The van der Waals surface area contributed by atoms with Crippen LogP contribution in [0.25, 0.3) is 6.08 Å². The molecule has 0 atom stereocenters. The van der Waals surface area contributed by atoms with Crippen LogP contribution in [0.4, 0.5) is 5.69 Å². The second-order valence-corrected chi connectivity index (χ2v) is 2.24. The predicted molar refractivity (Wildman–Crippen MR) is 50.3 cm³/mol. The van der Waals surface area contributed by atoms with Crippen molar-refractivity contribution in [3.63, 3.8) is 0 Å². The smallest absolute Gasteiger partial charge is 0.0629 e. The number of anilines is 1. The van der Waals surface area contributed by atoms with Crippen molar-refractivity contribution in [1.82, 2.24) is 5.48 Å². The van der Waals surface area contributed by atoms with Gasteiger partial charge in [-0.05, 0) is 17.7 Å². The number of rotatable bonds is 4. The second-order valence-electron chi connectivity index (χ2n) is 2.24. The zero-order valence-electron chi connectivity index (χ0n) is 7.00. The lowest BCUT2D eigenvalue weighted by molar-refractivity contribution is 0.109. The van der Waals surface area contributed by atoms with Crippen molar-refractivity contribution in [2.24, 2.45) is 0 Å². The highest BCUT2D eigenvalue weighted by Gasteiger charge is 1.90. The van der Waals surface area contributed by atoms with E-state index in [4.69, 9.17) is 4.94 Å². The normalized spacial score (nSPS) is 9.42. The lowest BCUT2D eigenvalue weighted by atomic mass is 10.2. The Bertz CT molecular complexity index is 260. The summed E-state index contributed by atoms with van der Waals surface area (Å²) < 4.78 is 0. The van der Waals surface area contributed by atoms with Gasteiger partial charge in [0.25, 0.3) is 0 Å². The molecular weight excluding hydrogens is 152 g/mol. The minimum absolute atomic E-state index is 0.891. The van der Waals surface area contributed by atoms with Crippen LogP contribution < -0.4 is 11.0 Å². The first-order chi connectivity index (χ1) is 5.86. The molecule has 0 aromatic heterocycles. The van der Waals surface area contributed by atoms with Crippen LogP contribution in [0.15, 0.2) is 30.8 Å². The first kappa shape index (κ1) is 8.77. The summed E-state index contributed by atoms with van der Waals surface area (Å²) >= 11 is 0. The van der Waals surface area contributed by atoms with E-state index in [1.165, 1.54) is 0 Å². The van der Waals surface area contributed by atoms with E-state index >= 15 is 0 Å². The minimum atomic E-state index is 0.891. The van der Waals surface area contributed by atoms with E-state index in [9.17, 15) is 0 Å². The SMILES string of the molecule is C=Cc1cccc(NONC)c1. The van der Waals surface area contributed by atoms with Gasteiger partial charge in [0.2, 0.25) is 0 Å². The Morgan fingerprint density at radius 1 is 1.50 bits per heavy atom. The molecule has 0 unspecified atom stereocenters. The van der Waals surface area contributed by atoms with Gasteiger partial charge in [-0.2, -0.15) is 10.4 Å². The average molecular weight is 164 g/mol. The second kappa shape index (κ2) is 4.54. The van der Waals surface area contributed by atoms with Crippen LogP contribution in [0.5, 0.6) is 0 Å². The maximum Gasteiger partial charge on any atom is 0.0629 e. The van der Waals surface area contributed by atoms with Crippen molar-refractivity contribution in [3.05, 3.63) is 36.4 Å². The van der Waals surface area contributed by atoms with Crippen LogP contribution in [0, 0.1) is 0 Å². The fourth-order valence-electron chi connectivity index (χ4n) is 0.839. The lowest BCUT2D eigenvalue weighted by Gasteiger charge is -2.04. The Morgan fingerprint density at radius 3 is 3.00 bits per heavy atom. The van der Waals surface area contributed by atoms with Crippen molar-refractivity contribution >= 4 is 11.8 Å². The highest BCUT2D eigenvalue weighted by Crippen LogP contribution is 2.10. The Labute approximate surface area is 72.0 Å². The zero-order valence-corrected chi connectivity index (χ0v) is 7.00. The molecule has 0 fully saturated rings. The Morgan fingerprint density at radius 2 is 2.33 bits per heavy atom. The Kier molecular flexibility index (Phi) is 3.32. The summed E-state index contributed by atoms with van der Waals surface area (Å²) in [6.07, 6.45) is 1.78. The molecule has 1 aromatic rings. The van der Waals surface area contributed by atoms with Crippen LogP contribution in [-0.4, -0.2) is 7.05 Å². The van der Waals surface area contributed by atoms with E-state index in [0.29, 0.717) is 0 Å². The predicted octanol–water partition coefficient (Wildman–Crippen LogP) is 1.81. The maximum absolute atomic E-state index is 4.78. The summed E-state index contributed by atoms with van der Waals surface area (Å²) in [5.41, 5.74) is 7.17. The molecule has 12 heavy (non-hydrogen) atoms. The zero-order chi connectivity index (χ0) is 8.81. The van der Waals surface area contributed by atoms with Crippen molar-refractivity contribution in [3.8, 4) is 0 Å². The molecule has 0 saturated carbocycles. The Balaban J connectivity index is 2.66. The largest absolute Gasteiger partial charge is 0.248 e. The van der Waals surface area contributed by atoms with Gasteiger partial charge < -0.3 is 0 Å². The molecule has 0 heterocycles. The van der Waals surface area contributed by atoms with Gasteiger partial charge in [-0.1, -0.05) is 24.8 Å². The average Bonchev–Trinajstić information content (AvgIpc) is 2.15. The highest BCUT2D eigenvalue weighted by atomic mass is 16.8. The van der Waals surface area contributed by atoms with Crippen molar-refractivity contribution in [2.45, 2.75) is 0 Å². The molecular formula is C9H12N2O. The summed E-state index contributed by atoms with van der Waals surface area (Å²) in [6.45, 7) is 3.67. The third-order valence-corrected chi connectivity index (χ3v) is 1.39. The fraction of sp³-hybridized carbons (Fsp3) is 0.111. The molecule has 0 aliphatic rings. The van der Waals surface area contributed by atoms with Gasteiger partial charge in [-0.15, -0.1) is 0 Å². The maximum atomic E-state index is 4.78. The van der Waals surface area contributed by atoms with Crippen molar-refractivity contribution in [1.29, 1.82) is 0 Å². The van der Waals surface area contributed by atoms with Crippen molar-refractivity contribution < 1.29 is 4.94 Å². The quantitative estimate of drug-likeness (QED) is 0.666. The van der Waals surface area contributed by atoms with Gasteiger partial charge in [0.15, 0.2) is 0 Å². The van der Waals surface area contributed by atoms with E-state index in [0.717, 1.165) is 11.3 Å².